The molecule has 0 amide bonds. The molecule has 0 aromatic carbocycles. The number of aliphatic hydroxyl groups excluding tert-OH is 1. The third-order valence-corrected chi connectivity index (χ3v) is 3.98. The highest BCUT2D eigenvalue weighted by Crippen LogP contribution is 2.27. The standard InChI is InChI=1S/C12H23NO/c1-10-6-8-13(9-7-10)11-4-2-3-5-12(11)14/h10-12,14H,2-9H2,1H3/t11-,12-/m0/s1. The van der Waals surface area contributed by atoms with Gasteiger partial charge in [0.2, 0.25) is 0 Å². The van der Waals surface area contributed by atoms with E-state index in [2.05, 4.69) is 11.8 Å². The van der Waals surface area contributed by atoms with E-state index < -0.39 is 0 Å². The maximum atomic E-state index is 9.95. The molecule has 2 aliphatic rings. The molecular formula is C12H23NO. The van der Waals surface area contributed by atoms with E-state index in [1.807, 2.05) is 0 Å². The fraction of sp³-hybridized carbons (Fsp3) is 1.00. The Morgan fingerprint density at radius 2 is 1.64 bits per heavy atom. The van der Waals surface area contributed by atoms with Crippen LogP contribution in [0.15, 0.2) is 0 Å². The van der Waals surface area contributed by atoms with Crippen LogP contribution in [0.5, 0.6) is 0 Å². The lowest BCUT2D eigenvalue weighted by atomic mass is 9.89. The zero-order valence-corrected chi connectivity index (χ0v) is 9.28. The minimum Gasteiger partial charge on any atom is -0.391 e. The highest BCUT2D eigenvalue weighted by atomic mass is 16.3. The number of nitrogens with zero attached hydrogens (tertiary/aromatic N) is 1. The van der Waals surface area contributed by atoms with Gasteiger partial charge in [-0.25, -0.2) is 0 Å². The molecule has 2 atom stereocenters. The molecule has 0 bridgehead atoms. The van der Waals surface area contributed by atoms with Crippen LogP contribution in [0.2, 0.25) is 0 Å². The van der Waals surface area contributed by atoms with E-state index in [1.54, 1.807) is 0 Å². The summed E-state index contributed by atoms with van der Waals surface area (Å²) in [4.78, 5) is 2.53. The van der Waals surface area contributed by atoms with E-state index in [1.165, 1.54) is 45.2 Å². The summed E-state index contributed by atoms with van der Waals surface area (Å²) in [7, 11) is 0. The van der Waals surface area contributed by atoms with Gasteiger partial charge in [-0.3, -0.25) is 4.90 Å². The van der Waals surface area contributed by atoms with E-state index in [-0.39, 0.29) is 6.10 Å². The van der Waals surface area contributed by atoms with E-state index in [4.69, 9.17) is 0 Å². The quantitative estimate of drug-likeness (QED) is 0.695. The summed E-state index contributed by atoms with van der Waals surface area (Å²) in [5.41, 5.74) is 0. The lowest BCUT2D eigenvalue weighted by Crippen LogP contribution is -2.48. The first-order valence-electron chi connectivity index (χ1n) is 6.19. The molecule has 2 nitrogen and oxygen atoms in total. The number of rotatable bonds is 1. The van der Waals surface area contributed by atoms with Crippen molar-refractivity contribution in [2.45, 2.75) is 57.6 Å². The number of likely N-dealkylation sites (tertiary alicyclic amines) is 1. The Morgan fingerprint density at radius 1 is 1.00 bits per heavy atom. The number of piperidine rings is 1. The Morgan fingerprint density at radius 3 is 2.29 bits per heavy atom. The molecule has 14 heavy (non-hydrogen) atoms. The summed E-state index contributed by atoms with van der Waals surface area (Å²) in [5, 5.41) is 9.95. The van der Waals surface area contributed by atoms with Gasteiger partial charge in [0, 0.05) is 6.04 Å². The van der Waals surface area contributed by atoms with E-state index >= 15 is 0 Å². The number of hydrogen-bond donors (Lipinski definition) is 1. The van der Waals surface area contributed by atoms with Crippen LogP contribution in [0.3, 0.4) is 0 Å². The highest BCUT2D eigenvalue weighted by Gasteiger charge is 2.30. The molecule has 0 radical (unpaired) electrons. The monoisotopic (exact) mass is 197 g/mol. The van der Waals surface area contributed by atoms with Crippen molar-refractivity contribution in [3.05, 3.63) is 0 Å². The molecule has 1 aliphatic carbocycles. The van der Waals surface area contributed by atoms with Crippen LogP contribution in [-0.4, -0.2) is 35.2 Å². The van der Waals surface area contributed by atoms with Crippen molar-refractivity contribution in [2.75, 3.05) is 13.1 Å². The molecule has 0 aromatic rings. The Labute approximate surface area is 87.3 Å². The maximum Gasteiger partial charge on any atom is 0.0695 e. The van der Waals surface area contributed by atoms with Crippen LogP contribution in [0, 0.1) is 5.92 Å². The minimum atomic E-state index is -0.0443. The first-order chi connectivity index (χ1) is 6.77. The summed E-state index contributed by atoms with van der Waals surface area (Å²) in [6.45, 7) is 4.76. The molecule has 2 heteroatoms. The van der Waals surface area contributed by atoms with Gasteiger partial charge in [0.15, 0.2) is 0 Å². The summed E-state index contributed by atoms with van der Waals surface area (Å²) >= 11 is 0. The van der Waals surface area contributed by atoms with E-state index in [0.29, 0.717) is 6.04 Å². The average Bonchev–Trinajstić information content (AvgIpc) is 2.20. The van der Waals surface area contributed by atoms with Crippen molar-refractivity contribution in [3.63, 3.8) is 0 Å². The summed E-state index contributed by atoms with van der Waals surface area (Å²) < 4.78 is 0. The number of aliphatic hydroxyl groups is 1. The second kappa shape index (κ2) is 4.63. The van der Waals surface area contributed by atoms with E-state index in [0.717, 1.165) is 12.3 Å². The topological polar surface area (TPSA) is 23.5 Å². The largest absolute Gasteiger partial charge is 0.391 e. The third-order valence-electron chi connectivity index (χ3n) is 3.98. The fourth-order valence-electron chi connectivity index (χ4n) is 2.88. The van der Waals surface area contributed by atoms with Crippen molar-refractivity contribution in [2.24, 2.45) is 5.92 Å². The van der Waals surface area contributed by atoms with Gasteiger partial charge in [-0.05, 0) is 44.7 Å². The lowest BCUT2D eigenvalue weighted by molar-refractivity contribution is 0.00528. The Kier molecular flexibility index (Phi) is 3.45. The van der Waals surface area contributed by atoms with Crippen molar-refractivity contribution in [1.29, 1.82) is 0 Å². The molecule has 0 unspecified atom stereocenters. The van der Waals surface area contributed by atoms with E-state index in [9.17, 15) is 5.11 Å². The number of hydrogen-bond acceptors (Lipinski definition) is 2. The van der Waals surface area contributed by atoms with Gasteiger partial charge in [0.25, 0.3) is 0 Å². The zero-order chi connectivity index (χ0) is 9.97. The summed E-state index contributed by atoms with van der Waals surface area (Å²) in [5.74, 6) is 0.895. The summed E-state index contributed by atoms with van der Waals surface area (Å²) in [6, 6.07) is 0.483. The minimum absolute atomic E-state index is 0.0443. The predicted octanol–water partition coefficient (Wildman–Crippen LogP) is 2.02. The van der Waals surface area contributed by atoms with Gasteiger partial charge in [0.05, 0.1) is 6.10 Å². The van der Waals surface area contributed by atoms with Crippen molar-refractivity contribution >= 4 is 0 Å². The molecule has 1 saturated carbocycles. The molecule has 0 aromatic heterocycles. The normalized spacial score (nSPS) is 37.3. The molecular weight excluding hydrogens is 174 g/mol. The van der Waals surface area contributed by atoms with Gasteiger partial charge < -0.3 is 5.11 Å². The second-order valence-electron chi connectivity index (χ2n) is 5.14. The fourth-order valence-corrected chi connectivity index (χ4v) is 2.88. The molecule has 0 spiro atoms. The molecule has 1 heterocycles. The molecule has 2 rings (SSSR count). The van der Waals surface area contributed by atoms with Crippen LogP contribution in [-0.2, 0) is 0 Å². The second-order valence-corrected chi connectivity index (χ2v) is 5.14. The van der Waals surface area contributed by atoms with Gasteiger partial charge >= 0.3 is 0 Å². The van der Waals surface area contributed by atoms with Crippen LogP contribution >= 0.6 is 0 Å². The van der Waals surface area contributed by atoms with Gasteiger partial charge in [-0.15, -0.1) is 0 Å². The maximum absolute atomic E-state index is 9.95. The molecule has 1 aliphatic heterocycles. The summed E-state index contributed by atoms with van der Waals surface area (Å²) in [6.07, 6.45) is 7.38. The third kappa shape index (κ3) is 2.29. The Hall–Kier alpha value is -0.0800. The highest BCUT2D eigenvalue weighted by molar-refractivity contribution is 4.85. The predicted molar refractivity (Wildman–Crippen MR) is 58.2 cm³/mol. The van der Waals surface area contributed by atoms with Gasteiger partial charge in [0.1, 0.15) is 0 Å². The van der Waals surface area contributed by atoms with Gasteiger partial charge in [-0.2, -0.15) is 0 Å². The Bertz CT molecular complexity index is 175. The average molecular weight is 197 g/mol. The van der Waals surface area contributed by atoms with Gasteiger partial charge in [-0.1, -0.05) is 19.8 Å². The van der Waals surface area contributed by atoms with Crippen LogP contribution in [0.4, 0.5) is 0 Å². The smallest absolute Gasteiger partial charge is 0.0695 e. The molecule has 2 fully saturated rings. The Balaban J connectivity index is 1.87. The van der Waals surface area contributed by atoms with Crippen LogP contribution < -0.4 is 0 Å². The molecule has 1 N–H and O–H groups in total. The SMILES string of the molecule is CC1CCN([C@H]2CCCC[C@@H]2O)CC1. The first kappa shape index (κ1) is 10.4. The zero-order valence-electron chi connectivity index (χ0n) is 9.28. The first-order valence-corrected chi connectivity index (χ1v) is 6.19. The molecule has 1 saturated heterocycles. The van der Waals surface area contributed by atoms with Crippen molar-refractivity contribution in [1.82, 2.24) is 4.90 Å². The van der Waals surface area contributed by atoms with Crippen molar-refractivity contribution in [3.8, 4) is 0 Å². The molecule has 82 valence electrons. The van der Waals surface area contributed by atoms with Crippen LogP contribution in [0.1, 0.15) is 45.4 Å². The lowest BCUT2D eigenvalue weighted by Gasteiger charge is -2.41. The van der Waals surface area contributed by atoms with Crippen molar-refractivity contribution < 1.29 is 5.11 Å². The van der Waals surface area contributed by atoms with Crippen LogP contribution in [0.25, 0.3) is 0 Å².